The molecule has 0 unspecified atom stereocenters. The van der Waals surface area contributed by atoms with Crippen molar-refractivity contribution in [1.82, 2.24) is 9.78 Å². The van der Waals surface area contributed by atoms with E-state index in [0.29, 0.717) is 22.1 Å². The Morgan fingerprint density at radius 3 is 2.62 bits per heavy atom. The molecular weight excluding hydrogens is 229 g/mol. The normalized spacial score (nSPS) is 10.8. The quantitative estimate of drug-likeness (QED) is 0.832. The van der Waals surface area contributed by atoms with Crippen LogP contribution < -0.4 is 5.73 Å². The lowest BCUT2D eigenvalue weighted by Gasteiger charge is -2.00. The topological polar surface area (TPSA) is 43.8 Å². The molecule has 0 saturated carbocycles. The summed E-state index contributed by atoms with van der Waals surface area (Å²) in [5, 5.41) is 4.58. The highest BCUT2D eigenvalue weighted by atomic mass is 35.5. The van der Waals surface area contributed by atoms with Gasteiger partial charge in [-0.3, -0.25) is 4.68 Å². The highest BCUT2D eigenvalue weighted by Crippen LogP contribution is 2.31. The molecule has 0 saturated heterocycles. The van der Waals surface area contributed by atoms with E-state index in [1.807, 2.05) is 0 Å². The van der Waals surface area contributed by atoms with Gasteiger partial charge in [-0.05, 0) is 30.7 Å². The summed E-state index contributed by atoms with van der Waals surface area (Å²) in [5.41, 5.74) is 7.59. The number of hydrogen-bond donors (Lipinski definition) is 1. The lowest BCUT2D eigenvalue weighted by molar-refractivity contribution is 0.618. The summed E-state index contributed by atoms with van der Waals surface area (Å²) in [4.78, 5) is 0. The number of aryl methyl sites for hydroxylation is 2. The van der Waals surface area contributed by atoms with Gasteiger partial charge in [-0.15, -0.1) is 0 Å². The molecule has 84 valence electrons. The lowest BCUT2D eigenvalue weighted by Crippen LogP contribution is -1.97. The molecule has 0 amide bonds. The van der Waals surface area contributed by atoms with Crippen LogP contribution in [-0.4, -0.2) is 9.78 Å². The summed E-state index contributed by atoms with van der Waals surface area (Å²) in [6, 6.07) is 4.73. The smallest absolute Gasteiger partial charge is 0.140 e. The monoisotopic (exact) mass is 239 g/mol. The fraction of sp³-hybridized carbons (Fsp3) is 0.182. The van der Waals surface area contributed by atoms with Crippen molar-refractivity contribution in [3.8, 4) is 11.3 Å². The van der Waals surface area contributed by atoms with Gasteiger partial charge >= 0.3 is 0 Å². The molecule has 1 aromatic heterocycles. The van der Waals surface area contributed by atoms with Gasteiger partial charge in [-0.25, -0.2) is 4.39 Å². The van der Waals surface area contributed by atoms with Crippen molar-refractivity contribution in [1.29, 1.82) is 0 Å². The zero-order valence-corrected chi connectivity index (χ0v) is 9.72. The summed E-state index contributed by atoms with van der Waals surface area (Å²) in [6.07, 6.45) is 0. The molecule has 5 heteroatoms. The van der Waals surface area contributed by atoms with Crippen molar-refractivity contribution in [2.24, 2.45) is 7.05 Å². The summed E-state index contributed by atoms with van der Waals surface area (Å²) < 4.78 is 14.6. The highest BCUT2D eigenvalue weighted by molar-refractivity contribution is 6.35. The van der Waals surface area contributed by atoms with E-state index < -0.39 is 0 Å². The van der Waals surface area contributed by atoms with Crippen LogP contribution in [0.5, 0.6) is 0 Å². The molecule has 0 aliphatic rings. The van der Waals surface area contributed by atoms with Crippen LogP contribution in [-0.2, 0) is 7.05 Å². The number of anilines is 1. The van der Waals surface area contributed by atoms with Crippen molar-refractivity contribution in [3.63, 3.8) is 0 Å². The van der Waals surface area contributed by atoms with Crippen molar-refractivity contribution in [2.45, 2.75) is 6.92 Å². The highest BCUT2D eigenvalue weighted by Gasteiger charge is 2.14. The van der Waals surface area contributed by atoms with E-state index in [1.165, 1.54) is 10.7 Å². The zero-order chi connectivity index (χ0) is 11.9. The third kappa shape index (κ3) is 1.65. The maximum absolute atomic E-state index is 13.1. The van der Waals surface area contributed by atoms with E-state index >= 15 is 0 Å². The van der Waals surface area contributed by atoms with Gasteiger partial charge in [0.15, 0.2) is 0 Å². The van der Waals surface area contributed by atoms with Crippen LogP contribution >= 0.6 is 11.6 Å². The molecule has 0 aliphatic heterocycles. The first kappa shape index (κ1) is 11.0. The molecule has 0 radical (unpaired) electrons. The van der Waals surface area contributed by atoms with Crippen molar-refractivity contribution >= 4 is 17.4 Å². The molecule has 0 spiro atoms. The molecule has 3 nitrogen and oxygen atoms in total. The minimum Gasteiger partial charge on any atom is -0.383 e. The number of nitrogens with zero attached hydrogens (tertiary/aromatic N) is 2. The van der Waals surface area contributed by atoms with Crippen LogP contribution in [0.2, 0.25) is 5.02 Å². The van der Waals surface area contributed by atoms with E-state index in [4.69, 9.17) is 17.3 Å². The van der Waals surface area contributed by atoms with Gasteiger partial charge in [0.2, 0.25) is 0 Å². The summed E-state index contributed by atoms with van der Waals surface area (Å²) in [7, 11) is 1.71. The number of halogens is 2. The van der Waals surface area contributed by atoms with E-state index in [1.54, 1.807) is 26.1 Å². The SMILES string of the molecule is Cc1cc(-c2nn(C)c(N)c2Cl)ccc1F. The number of aromatic nitrogens is 2. The molecule has 0 bridgehead atoms. The van der Waals surface area contributed by atoms with Gasteiger partial charge in [0.25, 0.3) is 0 Å². The Balaban J connectivity index is 2.59. The largest absolute Gasteiger partial charge is 0.383 e. The fourth-order valence-corrected chi connectivity index (χ4v) is 1.76. The molecule has 16 heavy (non-hydrogen) atoms. The molecular formula is C11H11ClFN3. The molecule has 0 fully saturated rings. The predicted molar refractivity (Wildman–Crippen MR) is 62.8 cm³/mol. The number of nitrogens with two attached hydrogens (primary N) is 1. The lowest BCUT2D eigenvalue weighted by atomic mass is 10.1. The van der Waals surface area contributed by atoms with E-state index in [2.05, 4.69) is 5.10 Å². The Hall–Kier alpha value is -1.55. The van der Waals surface area contributed by atoms with E-state index in [-0.39, 0.29) is 5.82 Å². The summed E-state index contributed by atoms with van der Waals surface area (Å²) >= 11 is 6.04. The Morgan fingerprint density at radius 1 is 1.44 bits per heavy atom. The van der Waals surface area contributed by atoms with Crippen LogP contribution in [0.1, 0.15) is 5.56 Å². The first-order valence-corrected chi connectivity index (χ1v) is 5.13. The molecule has 1 aromatic carbocycles. The van der Waals surface area contributed by atoms with Gasteiger partial charge < -0.3 is 5.73 Å². The van der Waals surface area contributed by atoms with Crippen molar-refractivity contribution in [2.75, 3.05) is 5.73 Å². The standard InChI is InChI=1S/C11H11ClFN3/c1-6-5-7(3-4-8(6)13)10-9(12)11(14)16(2)15-10/h3-5H,14H2,1-2H3. The third-order valence-corrected chi connectivity index (χ3v) is 2.84. The maximum atomic E-state index is 13.1. The fourth-order valence-electron chi connectivity index (χ4n) is 1.49. The van der Waals surface area contributed by atoms with E-state index in [0.717, 1.165) is 5.56 Å². The minimum atomic E-state index is -0.247. The molecule has 0 aliphatic carbocycles. The van der Waals surface area contributed by atoms with Crippen LogP contribution in [0.4, 0.5) is 10.2 Å². The zero-order valence-electron chi connectivity index (χ0n) is 8.96. The first-order valence-electron chi connectivity index (χ1n) is 4.75. The Kier molecular flexibility index (Phi) is 2.59. The molecule has 1 heterocycles. The van der Waals surface area contributed by atoms with Crippen LogP contribution in [0, 0.1) is 12.7 Å². The molecule has 2 aromatic rings. The summed E-state index contributed by atoms with van der Waals surface area (Å²) in [5.74, 6) is 0.155. The van der Waals surface area contributed by atoms with Crippen molar-refractivity contribution < 1.29 is 4.39 Å². The van der Waals surface area contributed by atoms with Crippen LogP contribution in [0.25, 0.3) is 11.3 Å². The second-order valence-electron chi connectivity index (χ2n) is 3.64. The molecule has 0 atom stereocenters. The third-order valence-electron chi connectivity index (χ3n) is 2.46. The van der Waals surface area contributed by atoms with Gasteiger partial charge in [0, 0.05) is 12.6 Å². The number of hydrogen-bond acceptors (Lipinski definition) is 2. The number of nitrogen functional groups attached to an aromatic ring is 1. The Labute approximate surface area is 97.6 Å². The second-order valence-corrected chi connectivity index (χ2v) is 4.01. The van der Waals surface area contributed by atoms with Gasteiger partial charge in [0.05, 0.1) is 0 Å². The number of benzene rings is 1. The Morgan fingerprint density at radius 2 is 2.12 bits per heavy atom. The molecule has 2 N–H and O–H groups in total. The van der Waals surface area contributed by atoms with Gasteiger partial charge in [-0.1, -0.05) is 11.6 Å². The number of rotatable bonds is 1. The minimum absolute atomic E-state index is 0.247. The molecule has 2 rings (SSSR count). The second kappa shape index (κ2) is 3.79. The first-order chi connectivity index (χ1) is 7.50. The predicted octanol–water partition coefficient (Wildman–Crippen LogP) is 2.77. The Bertz CT molecular complexity index is 548. The van der Waals surface area contributed by atoms with Gasteiger partial charge in [-0.2, -0.15) is 5.10 Å². The van der Waals surface area contributed by atoms with Crippen LogP contribution in [0.15, 0.2) is 18.2 Å². The van der Waals surface area contributed by atoms with E-state index in [9.17, 15) is 4.39 Å². The van der Waals surface area contributed by atoms with Crippen LogP contribution in [0.3, 0.4) is 0 Å². The maximum Gasteiger partial charge on any atom is 0.140 e. The average Bonchev–Trinajstić information content (AvgIpc) is 2.50. The van der Waals surface area contributed by atoms with Gasteiger partial charge in [0.1, 0.15) is 22.4 Å². The summed E-state index contributed by atoms with van der Waals surface area (Å²) in [6.45, 7) is 1.69. The average molecular weight is 240 g/mol. The van der Waals surface area contributed by atoms with Crippen molar-refractivity contribution in [3.05, 3.63) is 34.6 Å².